The van der Waals surface area contributed by atoms with Gasteiger partial charge in [-0.3, -0.25) is 9.69 Å². The fourth-order valence-corrected chi connectivity index (χ4v) is 5.90. The van der Waals surface area contributed by atoms with Gasteiger partial charge >= 0.3 is 0 Å². The second-order valence-electron chi connectivity index (χ2n) is 9.47. The molecule has 4 rings (SSSR count). The molecule has 1 heterocycles. The first-order chi connectivity index (χ1) is 16.0. The predicted octanol–water partition coefficient (Wildman–Crippen LogP) is 7.09. The zero-order chi connectivity index (χ0) is 23.3. The summed E-state index contributed by atoms with van der Waals surface area (Å²) in [5.41, 5.74) is 1.02. The van der Waals surface area contributed by atoms with Crippen molar-refractivity contribution >= 4 is 34.8 Å². The van der Waals surface area contributed by atoms with E-state index in [9.17, 15) is 4.79 Å². The van der Waals surface area contributed by atoms with Crippen LogP contribution in [0.4, 0.5) is 5.69 Å². The summed E-state index contributed by atoms with van der Waals surface area (Å²) in [5, 5.41) is 4.28. The van der Waals surface area contributed by atoms with Crippen molar-refractivity contribution < 1.29 is 9.53 Å². The summed E-state index contributed by atoms with van der Waals surface area (Å²) >= 11 is 12.7. The van der Waals surface area contributed by atoms with Crippen LogP contribution in [-0.2, 0) is 10.2 Å². The molecule has 4 nitrogen and oxygen atoms in total. The third kappa shape index (κ3) is 5.85. The molecule has 0 radical (unpaired) electrons. The summed E-state index contributed by atoms with van der Waals surface area (Å²) in [4.78, 5) is 16.1. The molecule has 33 heavy (non-hydrogen) atoms. The highest BCUT2D eigenvalue weighted by atomic mass is 35.5. The molecule has 2 aromatic carbocycles. The van der Waals surface area contributed by atoms with Crippen molar-refractivity contribution in [2.24, 2.45) is 0 Å². The lowest BCUT2D eigenvalue weighted by Crippen LogP contribution is -2.42. The number of nitrogens with zero attached hydrogens (tertiary/aromatic N) is 1. The lowest BCUT2D eigenvalue weighted by Gasteiger charge is -2.37. The molecule has 2 aliphatic rings. The standard InChI is InChI=1S/C27H34Cl2N2O2/c1-20-7-3-6-16-31(20)17-18-33-23-11-9-22(10-12-23)30-26(32)27(14-4-2-5-15-27)24-13-8-21(28)19-25(24)29/h8-13,19-20H,2-7,14-18H2,1H3,(H,30,32)/t20-/m1/s1. The normalized spacial score (nSPS) is 20.9. The van der Waals surface area contributed by atoms with Crippen LogP contribution >= 0.6 is 23.2 Å². The predicted molar refractivity (Wildman–Crippen MR) is 137 cm³/mol. The van der Waals surface area contributed by atoms with Crippen molar-refractivity contribution in [1.82, 2.24) is 4.90 Å². The van der Waals surface area contributed by atoms with Crippen molar-refractivity contribution in [2.75, 3.05) is 25.0 Å². The van der Waals surface area contributed by atoms with Crippen LogP contribution in [0.25, 0.3) is 0 Å². The number of carbonyl (C=O) groups excluding carboxylic acids is 1. The zero-order valence-electron chi connectivity index (χ0n) is 19.4. The SMILES string of the molecule is C[C@@H]1CCCCN1CCOc1ccc(NC(=O)C2(c3ccc(Cl)cc3Cl)CCCCC2)cc1. The minimum Gasteiger partial charge on any atom is -0.492 e. The number of likely N-dealkylation sites (tertiary alicyclic amines) is 1. The van der Waals surface area contributed by atoms with E-state index in [1.165, 1.54) is 19.3 Å². The first-order valence-electron chi connectivity index (χ1n) is 12.2. The number of carbonyl (C=O) groups is 1. The minimum atomic E-state index is -0.625. The molecule has 6 heteroatoms. The van der Waals surface area contributed by atoms with Gasteiger partial charge < -0.3 is 10.1 Å². The maximum atomic E-state index is 13.6. The molecule has 1 aliphatic carbocycles. The van der Waals surface area contributed by atoms with Crippen LogP contribution in [0.5, 0.6) is 5.75 Å². The Morgan fingerprint density at radius 1 is 1.06 bits per heavy atom. The quantitative estimate of drug-likeness (QED) is 0.452. The Morgan fingerprint density at radius 2 is 1.82 bits per heavy atom. The second-order valence-corrected chi connectivity index (χ2v) is 10.3. The number of rotatable bonds is 7. The minimum absolute atomic E-state index is 0.000762. The molecular weight excluding hydrogens is 455 g/mol. The molecular formula is C27H34Cl2N2O2. The number of halogens is 2. The Labute approximate surface area is 207 Å². The van der Waals surface area contributed by atoms with E-state index in [2.05, 4.69) is 17.1 Å². The fourth-order valence-electron chi connectivity index (χ4n) is 5.31. The van der Waals surface area contributed by atoms with Crippen LogP contribution in [-0.4, -0.2) is 36.5 Å². The summed E-state index contributed by atoms with van der Waals surface area (Å²) in [7, 11) is 0. The highest BCUT2D eigenvalue weighted by Crippen LogP contribution is 2.44. The Kier molecular flexibility index (Phi) is 8.21. The summed E-state index contributed by atoms with van der Waals surface area (Å²) in [6, 6.07) is 13.8. The van der Waals surface area contributed by atoms with Crippen molar-refractivity contribution in [3.05, 3.63) is 58.1 Å². The monoisotopic (exact) mass is 488 g/mol. The number of amides is 1. The Morgan fingerprint density at radius 3 is 2.52 bits per heavy atom. The molecule has 0 aromatic heterocycles. The van der Waals surface area contributed by atoms with Gasteiger partial charge in [-0.25, -0.2) is 0 Å². The highest BCUT2D eigenvalue weighted by molar-refractivity contribution is 6.35. The van der Waals surface area contributed by atoms with Crippen molar-refractivity contribution in [1.29, 1.82) is 0 Å². The number of benzene rings is 2. The van der Waals surface area contributed by atoms with Gasteiger partial charge in [0.25, 0.3) is 0 Å². The van der Waals surface area contributed by atoms with Crippen molar-refractivity contribution in [3.8, 4) is 5.75 Å². The van der Waals surface area contributed by atoms with Crippen LogP contribution in [0.2, 0.25) is 10.0 Å². The molecule has 2 fully saturated rings. The first kappa shape index (κ1) is 24.4. The largest absolute Gasteiger partial charge is 0.492 e. The van der Waals surface area contributed by atoms with Gasteiger partial charge in [0.05, 0.1) is 5.41 Å². The van der Waals surface area contributed by atoms with E-state index in [-0.39, 0.29) is 5.91 Å². The lowest BCUT2D eigenvalue weighted by atomic mass is 9.68. The van der Waals surface area contributed by atoms with E-state index in [0.717, 1.165) is 62.2 Å². The number of hydrogen-bond donors (Lipinski definition) is 1. The first-order valence-corrected chi connectivity index (χ1v) is 13.0. The zero-order valence-corrected chi connectivity index (χ0v) is 20.9. The third-order valence-corrected chi connectivity index (χ3v) is 7.84. The second kappa shape index (κ2) is 11.1. The number of nitrogens with one attached hydrogen (secondary N) is 1. The molecule has 1 amide bonds. The van der Waals surface area contributed by atoms with Gasteiger partial charge in [0.1, 0.15) is 12.4 Å². The number of piperidine rings is 1. The van der Waals surface area contributed by atoms with Crippen LogP contribution < -0.4 is 10.1 Å². The van der Waals surface area contributed by atoms with Crippen LogP contribution in [0.1, 0.15) is 63.9 Å². The molecule has 178 valence electrons. The molecule has 1 saturated heterocycles. The van der Waals surface area contributed by atoms with Gasteiger partial charge in [-0.1, -0.05) is 55.0 Å². The van der Waals surface area contributed by atoms with Gasteiger partial charge in [-0.15, -0.1) is 0 Å². The average molecular weight is 489 g/mol. The Bertz CT molecular complexity index is 942. The maximum absolute atomic E-state index is 13.6. The number of ether oxygens (including phenoxy) is 1. The number of hydrogen-bond acceptors (Lipinski definition) is 3. The van der Waals surface area contributed by atoms with Crippen LogP contribution in [0.15, 0.2) is 42.5 Å². The smallest absolute Gasteiger partial charge is 0.235 e. The summed E-state index contributed by atoms with van der Waals surface area (Å²) in [6.07, 6.45) is 8.62. The average Bonchev–Trinajstić information content (AvgIpc) is 2.82. The Hall–Kier alpha value is -1.75. The fraction of sp³-hybridized carbons (Fsp3) is 0.519. The van der Waals surface area contributed by atoms with Crippen LogP contribution in [0, 0.1) is 0 Å². The van der Waals surface area contributed by atoms with Crippen molar-refractivity contribution in [3.63, 3.8) is 0 Å². The topological polar surface area (TPSA) is 41.6 Å². The van der Waals surface area contributed by atoms with E-state index in [1.54, 1.807) is 6.07 Å². The van der Waals surface area contributed by atoms with Gasteiger partial charge in [0.2, 0.25) is 5.91 Å². The van der Waals surface area contributed by atoms with Gasteiger partial charge in [0.15, 0.2) is 0 Å². The van der Waals surface area contributed by atoms with Crippen LogP contribution in [0.3, 0.4) is 0 Å². The van der Waals surface area contributed by atoms with Crippen molar-refractivity contribution in [2.45, 2.75) is 69.7 Å². The van der Waals surface area contributed by atoms with E-state index in [1.807, 2.05) is 36.4 Å². The Balaban J connectivity index is 1.39. The molecule has 1 saturated carbocycles. The molecule has 0 unspecified atom stereocenters. The van der Waals surface area contributed by atoms with Gasteiger partial charge in [-0.05, 0) is 81.1 Å². The molecule has 2 aromatic rings. The van der Waals surface area contributed by atoms with Gasteiger partial charge in [0, 0.05) is 28.3 Å². The molecule has 0 spiro atoms. The summed E-state index contributed by atoms with van der Waals surface area (Å²) in [5.74, 6) is 0.824. The maximum Gasteiger partial charge on any atom is 0.235 e. The van der Waals surface area contributed by atoms with Gasteiger partial charge in [-0.2, -0.15) is 0 Å². The van der Waals surface area contributed by atoms with E-state index >= 15 is 0 Å². The van der Waals surface area contributed by atoms with E-state index < -0.39 is 5.41 Å². The van der Waals surface area contributed by atoms with E-state index in [4.69, 9.17) is 27.9 Å². The lowest BCUT2D eigenvalue weighted by molar-refractivity contribution is -0.122. The molecule has 1 N–H and O–H groups in total. The van der Waals surface area contributed by atoms with E-state index in [0.29, 0.717) is 22.7 Å². The summed E-state index contributed by atoms with van der Waals surface area (Å²) < 4.78 is 5.97. The highest BCUT2D eigenvalue weighted by Gasteiger charge is 2.42. The number of anilines is 1. The summed E-state index contributed by atoms with van der Waals surface area (Å²) in [6.45, 7) is 5.08. The molecule has 0 bridgehead atoms. The third-order valence-electron chi connectivity index (χ3n) is 7.29. The molecule has 1 aliphatic heterocycles. The molecule has 1 atom stereocenters.